The highest BCUT2D eigenvalue weighted by atomic mass is 32.2. The number of sulfonamides is 1. The third kappa shape index (κ3) is 4.26. The molecule has 0 aliphatic carbocycles. The van der Waals surface area contributed by atoms with Crippen molar-refractivity contribution in [3.05, 3.63) is 53.1 Å². The molecule has 0 radical (unpaired) electrons. The third-order valence-electron chi connectivity index (χ3n) is 5.33. The van der Waals surface area contributed by atoms with Gasteiger partial charge in [-0.05, 0) is 55.5 Å². The number of carbonyl (C=O) groups is 1. The van der Waals surface area contributed by atoms with Crippen molar-refractivity contribution in [3.63, 3.8) is 0 Å². The standard InChI is InChI=1S/C23H29N3O3S/c1-6-7-13-26-17(5)25-30(28,29)21-14-18(11-12-20(21)26)23(27)24-22-16(4)9-8-10-19(22)15(2)3/h8-12,14-15H,6-7,13H2,1-5H3,(H,24,27). The number of hydrogen-bond acceptors (Lipinski definition) is 4. The minimum Gasteiger partial charge on any atom is -0.328 e. The summed E-state index contributed by atoms with van der Waals surface area (Å²) in [7, 11) is -3.84. The van der Waals surface area contributed by atoms with Gasteiger partial charge in [0.15, 0.2) is 0 Å². The van der Waals surface area contributed by atoms with Crippen molar-refractivity contribution < 1.29 is 13.2 Å². The first-order chi connectivity index (χ1) is 14.2. The van der Waals surface area contributed by atoms with Crippen LogP contribution in [0.2, 0.25) is 0 Å². The average molecular weight is 428 g/mol. The molecule has 0 atom stereocenters. The predicted molar refractivity (Wildman–Crippen MR) is 122 cm³/mol. The quantitative estimate of drug-likeness (QED) is 0.696. The number of aryl methyl sites for hydroxylation is 1. The lowest BCUT2D eigenvalue weighted by atomic mass is 9.98. The lowest BCUT2D eigenvalue weighted by Gasteiger charge is -2.29. The maximum Gasteiger partial charge on any atom is 0.286 e. The van der Waals surface area contributed by atoms with Gasteiger partial charge in [-0.25, -0.2) is 0 Å². The number of amides is 1. The van der Waals surface area contributed by atoms with E-state index in [1.54, 1.807) is 19.1 Å². The fourth-order valence-corrected chi connectivity index (χ4v) is 4.92. The Balaban J connectivity index is 1.99. The van der Waals surface area contributed by atoms with E-state index in [1.165, 1.54) is 6.07 Å². The van der Waals surface area contributed by atoms with E-state index < -0.39 is 10.0 Å². The maximum atomic E-state index is 13.0. The van der Waals surface area contributed by atoms with Crippen molar-refractivity contribution in [1.82, 2.24) is 0 Å². The molecular weight excluding hydrogens is 398 g/mol. The van der Waals surface area contributed by atoms with Crippen LogP contribution in [0.15, 0.2) is 45.7 Å². The molecule has 1 heterocycles. The Kier molecular flexibility index (Phi) is 6.31. The molecule has 0 fully saturated rings. The second-order valence-corrected chi connectivity index (χ2v) is 9.52. The van der Waals surface area contributed by atoms with Gasteiger partial charge in [0.25, 0.3) is 15.9 Å². The summed E-state index contributed by atoms with van der Waals surface area (Å²) in [6, 6.07) is 10.7. The highest BCUT2D eigenvalue weighted by Gasteiger charge is 2.29. The van der Waals surface area contributed by atoms with Gasteiger partial charge < -0.3 is 10.2 Å². The number of unbranched alkanes of at least 4 members (excludes halogenated alkanes) is 1. The number of nitrogens with zero attached hydrogens (tertiary/aromatic N) is 2. The normalized spacial score (nSPS) is 15.0. The molecule has 0 saturated heterocycles. The summed E-state index contributed by atoms with van der Waals surface area (Å²) < 4.78 is 29.3. The van der Waals surface area contributed by atoms with Crippen molar-refractivity contribution in [3.8, 4) is 0 Å². The number of rotatable bonds is 6. The van der Waals surface area contributed by atoms with E-state index in [1.807, 2.05) is 30.0 Å². The number of amidine groups is 1. The van der Waals surface area contributed by atoms with Crippen LogP contribution in [0.5, 0.6) is 0 Å². The van der Waals surface area contributed by atoms with Gasteiger partial charge in [0.2, 0.25) is 0 Å². The van der Waals surface area contributed by atoms with E-state index in [2.05, 4.69) is 30.5 Å². The molecular formula is C23H29N3O3S. The summed E-state index contributed by atoms with van der Waals surface area (Å²) in [5.41, 5.74) is 3.65. The van der Waals surface area contributed by atoms with Crippen molar-refractivity contribution >= 4 is 33.1 Å². The van der Waals surface area contributed by atoms with E-state index in [0.717, 1.165) is 29.7 Å². The van der Waals surface area contributed by atoms with Crippen molar-refractivity contribution in [2.45, 2.75) is 58.3 Å². The zero-order valence-corrected chi connectivity index (χ0v) is 19.0. The topological polar surface area (TPSA) is 78.8 Å². The maximum absolute atomic E-state index is 13.0. The molecule has 0 aromatic heterocycles. The summed E-state index contributed by atoms with van der Waals surface area (Å²) in [6.45, 7) is 10.5. The summed E-state index contributed by atoms with van der Waals surface area (Å²) in [4.78, 5) is 15.0. The molecule has 0 spiro atoms. The molecule has 1 amide bonds. The summed E-state index contributed by atoms with van der Waals surface area (Å²) in [5, 5.41) is 2.98. The highest BCUT2D eigenvalue weighted by molar-refractivity contribution is 7.90. The lowest BCUT2D eigenvalue weighted by Crippen LogP contribution is -2.34. The highest BCUT2D eigenvalue weighted by Crippen LogP contribution is 2.33. The first-order valence-electron chi connectivity index (χ1n) is 10.3. The SMILES string of the molecule is CCCCN1C(C)=NS(=O)(=O)c2cc(C(=O)Nc3c(C)cccc3C(C)C)ccc21. The molecule has 2 aromatic rings. The number of carbonyl (C=O) groups excluding carboxylic acids is 1. The van der Waals surface area contributed by atoms with Crippen molar-refractivity contribution in [1.29, 1.82) is 0 Å². The molecule has 3 rings (SSSR count). The Bertz CT molecular complexity index is 1100. The third-order valence-corrected chi connectivity index (χ3v) is 6.72. The van der Waals surface area contributed by atoms with Gasteiger partial charge >= 0.3 is 0 Å². The van der Waals surface area contributed by atoms with Crippen LogP contribution in [0.25, 0.3) is 0 Å². The van der Waals surface area contributed by atoms with Gasteiger partial charge in [-0.1, -0.05) is 45.4 Å². The molecule has 160 valence electrons. The van der Waals surface area contributed by atoms with E-state index in [0.29, 0.717) is 23.6 Å². The van der Waals surface area contributed by atoms with Crippen LogP contribution in [0, 0.1) is 6.92 Å². The minimum atomic E-state index is -3.84. The largest absolute Gasteiger partial charge is 0.328 e. The number of hydrogen-bond donors (Lipinski definition) is 1. The number of anilines is 2. The molecule has 6 nitrogen and oxygen atoms in total. The average Bonchev–Trinajstić information content (AvgIpc) is 2.68. The summed E-state index contributed by atoms with van der Waals surface area (Å²) >= 11 is 0. The minimum absolute atomic E-state index is 0.0747. The summed E-state index contributed by atoms with van der Waals surface area (Å²) in [6.07, 6.45) is 1.90. The second kappa shape index (κ2) is 8.60. The van der Waals surface area contributed by atoms with Gasteiger partial charge in [-0.2, -0.15) is 8.42 Å². The Morgan fingerprint density at radius 2 is 1.90 bits per heavy atom. The van der Waals surface area contributed by atoms with Crippen LogP contribution < -0.4 is 10.2 Å². The van der Waals surface area contributed by atoms with E-state index in [4.69, 9.17) is 0 Å². The van der Waals surface area contributed by atoms with Crippen LogP contribution in [0.1, 0.15) is 67.9 Å². The number of benzene rings is 2. The molecule has 1 aliphatic rings. The number of nitrogens with one attached hydrogen (secondary N) is 1. The van der Waals surface area contributed by atoms with E-state index in [-0.39, 0.29) is 16.7 Å². The lowest BCUT2D eigenvalue weighted by molar-refractivity contribution is 0.102. The fourth-order valence-electron chi connectivity index (χ4n) is 3.66. The van der Waals surface area contributed by atoms with Crippen LogP contribution in [-0.2, 0) is 10.0 Å². The Labute approximate surface area is 179 Å². The zero-order valence-electron chi connectivity index (χ0n) is 18.2. The molecule has 0 saturated carbocycles. The number of para-hydroxylation sites is 1. The molecule has 7 heteroatoms. The molecule has 30 heavy (non-hydrogen) atoms. The molecule has 2 aromatic carbocycles. The van der Waals surface area contributed by atoms with Crippen LogP contribution in [0.4, 0.5) is 11.4 Å². The van der Waals surface area contributed by atoms with E-state index >= 15 is 0 Å². The van der Waals surface area contributed by atoms with Gasteiger partial charge in [0.1, 0.15) is 10.7 Å². The molecule has 1 N–H and O–H groups in total. The monoisotopic (exact) mass is 427 g/mol. The first kappa shape index (κ1) is 22.0. The van der Waals surface area contributed by atoms with Crippen LogP contribution in [-0.4, -0.2) is 26.7 Å². The Morgan fingerprint density at radius 1 is 1.17 bits per heavy atom. The molecule has 1 aliphatic heterocycles. The van der Waals surface area contributed by atoms with Gasteiger partial charge in [0, 0.05) is 17.8 Å². The van der Waals surface area contributed by atoms with Crippen LogP contribution in [0.3, 0.4) is 0 Å². The summed E-state index contributed by atoms with van der Waals surface area (Å²) in [5.74, 6) is 0.360. The van der Waals surface area contributed by atoms with Gasteiger partial charge in [0.05, 0.1) is 5.69 Å². The van der Waals surface area contributed by atoms with Gasteiger partial charge in [-0.15, -0.1) is 4.40 Å². The predicted octanol–water partition coefficient (Wildman–Crippen LogP) is 5.10. The Hall–Kier alpha value is -2.67. The smallest absolute Gasteiger partial charge is 0.286 e. The van der Waals surface area contributed by atoms with Crippen molar-refractivity contribution in [2.24, 2.45) is 4.40 Å². The molecule has 0 unspecified atom stereocenters. The zero-order chi connectivity index (χ0) is 22.1. The van der Waals surface area contributed by atoms with Crippen LogP contribution >= 0.6 is 0 Å². The van der Waals surface area contributed by atoms with Gasteiger partial charge in [-0.3, -0.25) is 4.79 Å². The van der Waals surface area contributed by atoms with Crippen molar-refractivity contribution in [2.75, 3.05) is 16.8 Å². The fraction of sp³-hybridized carbons (Fsp3) is 0.391. The second-order valence-electron chi connectivity index (χ2n) is 7.95. The van der Waals surface area contributed by atoms with E-state index in [9.17, 15) is 13.2 Å². The number of fused-ring (bicyclic) bond motifs is 1. The first-order valence-corrected chi connectivity index (χ1v) is 11.7. The Morgan fingerprint density at radius 3 is 2.57 bits per heavy atom. The molecule has 0 bridgehead atoms.